The van der Waals surface area contributed by atoms with E-state index in [0.717, 1.165) is 0 Å². The second-order valence-corrected chi connectivity index (χ2v) is 3.89. The average Bonchev–Trinajstić information content (AvgIpc) is 2.25. The van der Waals surface area contributed by atoms with Crippen molar-refractivity contribution in [3.63, 3.8) is 0 Å². The van der Waals surface area contributed by atoms with Crippen LogP contribution in [0, 0.1) is 0 Å². The van der Waals surface area contributed by atoms with E-state index < -0.39 is 22.5 Å². The summed E-state index contributed by atoms with van der Waals surface area (Å²) in [6.45, 7) is 1.62. The molecule has 0 radical (unpaired) electrons. The van der Waals surface area contributed by atoms with Crippen molar-refractivity contribution in [1.29, 1.82) is 0 Å². The fourth-order valence-electron chi connectivity index (χ4n) is 0.901. The minimum Gasteiger partial charge on any atom is -0.464 e. The molecule has 1 N–H and O–H groups in total. The first-order valence-corrected chi connectivity index (χ1v) is 4.77. The molecule has 1 aliphatic rings. The molecule has 7 heteroatoms. The molecular formula is C5H9NO5S. The molecule has 0 saturated carbocycles. The number of rotatable bonds is 1. The van der Waals surface area contributed by atoms with Gasteiger partial charge in [-0.25, -0.2) is 8.98 Å². The number of carbonyl (C=O) groups is 1. The number of hydrogen-bond acceptors (Lipinski definition) is 4. The highest BCUT2D eigenvalue weighted by Crippen LogP contribution is 2.19. The molecule has 0 aromatic rings. The molecule has 0 aromatic carbocycles. The Morgan fingerprint density at radius 2 is 2.33 bits per heavy atom. The van der Waals surface area contributed by atoms with Crippen LogP contribution in [0.25, 0.3) is 0 Å². The largest absolute Gasteiger partial charge is 0.464 e. The summed E-state index contributed by atoms with van der Waals surface area (Å²) in [4.78, 5) is 10.3. The van der Waals surface area contributed by atoms with Crippen molar-refractivity contribution < 1.29 is 22.5 Å². The summed E-state index contributed by atoms with van der Waals surface area (Å²) in [6.07, 6.45) is -1.56. The standard InChI is InChI=1S/C5H9NO5S/c1-2-4-3-6(5(7)8)12(9,10)11-4/h4H,2-3H2,1H3,(H,7,8). The van der Waals surface area contributed by atoms with E-state index in [-0.39, 0.29) is 6.54 Å². The van der Waals surface area contributed by atoms with Crippen LogP contribution in [-0.4, -0.2) is 36.6 Å². The van der Waals surface area contributed by atoms with E-state index in [9.17, 15) is 13.2 Å². The van der Waals surface area contributed by atoms with Crippen molar-refractivity contribution in [2.45, 2.75) is 19.4 Å². The molecule has 1 rings (SSSR count). The van der Waals surface area contributed by atoms with E-state index in [2.05, 4.69) is 4.18 Å². The molecule has 70 valence electrons. The van der Waals surface area contributed by atoms with Gasteiger partial charge in [0.05, 0.1) is 12.6 Å². The van der Waals surface area contributed by atoms with Gasteiger partial charge in [0.1, 0.15) is 0 Å². The first-order chi connectivity index (χ1) is 5.47. The SMILES string of the molecule is CCC1CN(C(=O)O)S(=O)(=O)O1. The number of nitrogens with zero attached hydrogens (tertiary/aromatic N) is 1. The van der Waals surface area contributed by atoms with Crippen LogP contribution in [-0.2, 0) is 14.5 Å². The predicted octanol–water partition coefficient (Wildman–Crippen LogP) is 0.0200. The monoisotopic (exact) mass is 195 g/mol. The van der Waals surface area contributed by atoms with Crippen molar-refractivity contribution in [3.8, 4) is 0 Å². The van der Waals surface area contributed by atoms with E-state index in [1.165, 1.54) is 0 Å². The van der Waals surface area contributed by atoms with Gasteiger partial charge in [-0.3, -0.25) is 0 Å². The van der Waals surface area contributed by atoms with Crippen LogP contribution in [0.15, 0.2) is 0 Å². The number of hydrogen-bond donors (Lipinski definition) is 1. The first-order valence-electron chi connectivity index (χ1n) is 3.41. The summed E-state index contributed by atoms with van der Waals surface area (Å²) in [7, 11) is -4.01. The van der Waals surface area contributed by atoms with Gasteiger partial charge < -0.3 is 5.11 Å². The van der Waals surface area contributed by atoms with Crippen LogP contribution < -0.4 is 0 Å². The Balaban J connectivity index is 2.85. The van der Waals surface area contributed by atoms with Crippen molar-refractivity contribution in [2.75, 3.05) is 6.54 Å². The fourth-order valence-corrected chi connectivity index (χ4v) is 2.09. The third kappa shape index (κ3) is 1.51. The summed E-state index contributed by atoms with van der Waals surface area (Å²) in [5, 5.41) is 8.43. The maximum absolute atomic E-state index is 10.9. The summed E-state index contributed by atoms with van der Waals surface area (Å²) >= 11 is 0. The maximum atomic E-state index is 10.9. The van der Waals surface area contributed by atoms with Crippen LogP contribution in [0.1, 0.15) is 13.3 Å². The third-order valence-electron chi connectivity index (χ3n) is 1.57. The topological polar surface area (TPSA) is 83.9 Å². The Bertz CT molecular complexity index is 284. The molecule has 1 atom stereocenters. The van der Waals surface area contributed by atoms with Crippen LogP contribution in [0.3, 0.4) is 0 Å². The van der Waals surface area contributed by atoms with Gasteiger partial charge >= 0.3 is 16.4 Å². The lowest BCUT2D eigenvalue weighted by Crippen LogP contribution is -2.31. The Morgan fingerprint density at radius 1 is 1.75 bits per heavy atom. The van der Waals surface area contributed by atoms with Gasteiger partial charge in [0.25, 0.3) is 0 Å². The first kappa shape index (κ1) is 9.27. The third-order valence-corrected chi connectivity index (χ3v) is 2.93. The van der Waals surface area contributed by atoms with Crippen LogP contribution in [0.5, 0.6) is 0 Å². The van der Waals surface area contributed by atoms with Crippen LogP contribution >= 0.6 is 0 Å². The Labute approximate surface area is 70.0 Å². The van der Waals surface area contributed by atoms with Gasteiger partial charge in [-0.1, -0.05) is 6.92 Å². The van der Waals surface area contributed by atoms with Gasteiger partial charge in [-0.2, -0.15) is 12.7 Å². The molecule has 0 aliphatic carbocycles. The average molecular weight is 195 g/mol. The normalized spacial score (nSPS) is 27.4. The second kappa shape index (κ2) is 2.91. The number of carboxylic acid groups (broad SMARTS) is 1. The predicted molar refractivity (Wildman–Crippen MR) is 38.8 cm³/mol. The van der Waals surface area contributed by atoms with Crippen molar-refractivity contribution in [3.05, 3.63) is 0 Å². The van der Waals surface area contributed by atoms with Gasteiger partial charge in [-0.05, 0) is 6.42 Å². The zero-order valence-electron chi connectivity index (χ0n) is 6.43. The molecule has 1 saturated heterocycles. The van der Waals surface area contributed by atoms with Gasteiger partial charge in [0, 0.05) is 0 Å². The van der Waals surface area contributed by atoms with E-state index >= 15 is 0 Å². The minimum atomic E-state index is -4.01. The zero-order chi connectivity index (χ0) is 9.35. The molecule has 1 heterocycles. The van der Waals surface area contributed by atoms with Crippen molar-refractivity contribution in [2.24, 2.45) is 0 Å². The lowest BCUT2D eigenvalue weighted by Gasteiger charge is -2.05. The number of amides is 1. The highest BCUT2D eigenvalue weighted by atomic mass is 32.2. The molecule has 0 spiro atoms. The fraction of sp³-hybridized carbons (Fsp3) is 0.800. The Kier molecular flexibility index (Phi) is 2.25. The summed E-state index contributed by atoms with van der Waals surface area (Å²) < 4.78 is 26.6. The zero-order valence-corrected chi connectivity index (χ0v) is 7.24. The molecular weight excluding hydrogens is 186 g/mol. The van der Waals surface area contributed by atoms with E-state index in [1.807, 2.05) is 0 Å². The van der Waals surface area contributed by atoms with Crippen LogP contribution in [0.4, 0.5) is 4.79 Å². The second-order valence-electron chi connectivity index (χ2n) is 2.40. The molecule has 6 nitrogen and oxygen atoms in total. The molecule has 12 heavy (non-hydrogen) atoms. The van der Waals surface area contributed by atoms with E-state index in [4.69, 9.17) is 5.11 Å². The smallest absolute Gasteiger partial charge is 0.422 e. The lowest BCUT2D eigenvalue weighted by molar-refractivity contribution is 0.172. The molecule has 1 fully saturated rings. The van der Waals surface area contributed by atoms with Crippen molar-refractivity contribution in [1.82, 2.24) is 4.31 Å². The maximum Gasteiger partial charge on any atom is 0.422 e. The van der Waals surface area contributed by atoms with Crippen molar-refractivity contribution >= 4 is 16.4 Å². The Morgan fingerprint density at radius 3 is 2.58 bits per heavy atom. The quantitative estimate of drug-likeness (QED) is 0.637. The summed E-state index contributed by atoms with van der Waals surface area (Å²) in [6, 6.07) is 0. The van der Waals surface area contributed by atoms with E-state index in [0.29, 0.717) is 10.7 Å². The van der Waals surface area contributed by atoms with Gasteiger partial charge in [0.2, 0.25) is 0 Å². The highest BCUT2D eigenvalue weighted by Gasteiger charge is 2.39. The van der Waals surface area contributed by atoms with E-state index in [1.54, 1.807) is 6.92 Å². The highest BCUT2D eigenvalue weighted by molar-refractivity contribution is 7.85. The minimum absolute atomic E-state index is 0.103. The molecule has 1 aliphatic heterocycles. The van der Waals surface area contributed by atoms with Crippen LogP contribution in [0.2, 0.25) is 0 Å². The molecule has 0 bridgehead atoms. The Hall–Kier alpha value is -0.820. The molecule has 0 aromatic heterocycles. The summed E-state index contributed by atoms with van der Waals surface area (Å²) in [5.41, 5.74) is 0. The van der Waals surface area contributed by atoms with Gasteiger partial charge in [-0.15, -0.1) is 0 Å². The molecule has 1 amide bonds. The van der Waals surface area contributed by atoms with Gasteiger partial charge in [0.15, 0.2) is 0 Å². The summed E-state index contributed by atoms with van der Waals surface area (Å²) in [5.74, 6) is 0. The lowest BCUT2D eigenvalue weighted by atomic mass is 10.3. The molecule has 1 unspecified atom stereocenters.